The number of carboxylic acid groups (broad SMARTS) is 1. The van der Waals surface area contributed by atoms with E-state index in [1.165, 1.54) is 12.1 Å². The minimum absolute atomic E-state index is 0.0583. The van der Waals surface area contributed by atoms with Gasteiger partial charge in [-0.05, 0) is 75.2 Å². The Morgan fingerprint density at radius 1 is 0.902 bits per heavy atom. The lowest BCUT2D eigenvalue weighted by atomic mass is 10.1. The van der Waals surface area contributed by atoms with E-state index in [1.54, 1.807) is 82.3 Å². The molecule has 2 amide bonds. The summed E-state index contributed by atoms with van der Waals surface area (Å²) in [7, 11) is -3.94. The third-order valence-corrected chi connectivity index (χ3v) is 7.27. The number of rotatable bonds is 8. The highest BCUT2D eigenvalue weighted by Gasteiger charge is 2.22. The van der Waals surface area contributed by atoms with Gasteiger partial charge in [0.05, 0.1) is 10.6 Å². The Kier molecular flexibility index (Phi) is 8.17. The minimum Gasteiger partial charge on any atom is -0.480 e. The van der Waals surface area contributed by atoms with Crippen molar-refractivity contribution < 1.29 is 37.1 Å². The van der Waals surface area contributed by atoms with Gasteiger partial charge in [0.25, 0.3) is 5.91 Å². The molecule has 4 N–H and O–H groups in total. The van der Waals surface area contributed by atoms with Gasteiger partial charge in [-0.15, -0.1) is 0 Å². The third kappa shape index (κ3) is 7.10. The summed E-state index contributed by atoms with van der Waals surface area (Å²) in [6.45, 7) is 6.30. The number of ether oxygens (including phenoxy) is 1. The molecule has 1 aromatic heterocycles. The molecule has 0 aliphatic rings. The van der Waals surface area contributed by atoms with E-state index in [0.717, 1.165) is 11.1 Å². The number of aryl methyl sites for hydroxylation is 1. The van der Waals surface area contributed by atoms with Crippen LogP contribution in [0.5, 0.6) is 0 Å². The molecule has 12 heteroatoms. The second kappa shape index (κ2) is 11.4. The summed E-state index contributed by atoms with van der Waals surface area (Å²) in [6.07, 6.45) is -0.622. The number of carbonyl (C=O) groups excluding carboxylic acids is 2. The van der Waals surface area contributed by atoms with Gasteiger partial charge in [-0.25, -0.2) is 13.2 Å². The van der Waals surface area contributed by atoms with E-state index in [1.807, 2.05) is 4.72 Å². The molecule has 3 aromatic carbocycles. The maximum atomic E-state index is 13.1. The first-order valence-corrected chi connectivity index (χ1v) is 14.0. The fourth-order valence-corrected chi connectivity index (χ4v) is 5.01. The van der Waals surface area contributed by atoms with Gasteiger partial charge in [0.1, 0.15) is 17.7 Å². The van der Waals surface area contributed by atoms with Crippen molar-refractivity contribution in [3.05, 3.63) is 78.1 Å². The van der Waals surface area contributed by atoms with E-state index < -0.39 is 40.1 Å². The summed E-state index contributed by atoms with van der Waals surface area (Å²) in [4.78, 5) is 36.0. The number of anilines is 2. The van der Waals surface area contributed by atoms with Crippen molar-refractivity contribution in [3.8, 4) is 11.1 Å². The van der Waals surface area contributed by atoms with Crippen molar-refractivity contribution in [1.82, 2.24) is 4.72 Å². The fraction of sp³-hybridized carbons (Fsp3) is 0.207. The van der Waals surface area contributed by atoms with Crippen molar-refractivity contribution in [2.75, 3.05) is 17.2 Å². The molecule has 4 rings (SSSR count). The number of aliphatic carboxylic acids is 1. The van der Waals surface area contributed by atoms with E-state index in [4.69, 9.17) is 14.3 Å². The predicted octanol–water partition coefficient (Wildman–Crippen LogP) is 5.37. The van der Waals surface area contributed by atoms with E-state index in [-0.39, 0.29) is 10.7 Å². The molecule has 0 bridgehead atoms. The van der Waals surface area contributed by atoms with Gasteiger partial charge in [-0.2, -0.15) is 4.72 Å². The van der Waals surface area contributed by atoms with Gasteiger partial charge < -0.3 is 19.6 Å². The molecular formula is C29H29N3O8S. The summed E-state index contributed by atoms with van der Waals surface area (Å²) in [5.74, 6) is -1.67. The molecule has 11 nitrogen and oxygen atoms in total. The van der Waals surface area contributed by atoms with Gasteiger partial charge in [0.2, 0.25) is 10.0 Å². The van der Waals surface area contributed by atoms with Gasteiger partial charge in [0.15, 0.2) is 5.76 Å². The molecule has 0 saturated carbocycles. The van der Waals surface area contributed by atoms with Gasteiger partial charge in [-0.1, -0.05) is 30.3 Å². The molecule has 0 aliphatic carbocycles. The van der Waals surface area contributed by atoms with E-state index in [0.29, 0.717) is 27.9 Å². The number of furan rings is 1. The zero-order chi connectivity index (χ0) is 29.9. The van der Waals surface area contributed by atoms with Crippen LogP contribution >= 0.6 is 0 Å². The van der Waals surface area contributed by atoms with Gasteiger partial charge in [-0.3, -0.25) is 14.9 Å². The highest BCUT2D eigenvalue weighted by molar-refractivity contribution is 7.89. The molecule has 4 aromatic rings. The average Bonchev–Trinajstić information content (AvgIpc) is 3.24. The van der Waals surface area contributed by atoms with Gasteiger partial charge >= 0.3 is 12.1 Å². The van der Waals surface area contributed by atoms with Crippen LogP contribution in [0.3, 0.4) is 0 Å². The van der Waals surface area contributed by atoms with Crippen LogP contribution in [0.25, 0.3) is 22.1 Å². The summed E-state index contributed by atoms with van der Waals surface area (Å²) < 4.78 is 37.6. The first-order chi connectivity index (χ1) is 19.2. The molecule has 0 atom stereocenters. The second-order valence-electron chi connectivity index (χ2n) is 10.1. The number of benzene rings is 3. The lowest BCUT2D eigenvalue weighted by Crippen LogP contribution is -2.29. The molecule has 0 fully saturated rings. The number of hydrogen-bond donors (Lipinski definition) is 4. The van der Waals surface area contributed by atoms with Crippen LogP contribution < -0.4 is 15.4 Å². The molecule has 41 heavy (non-hydrogen) atoms. The maximum Gasteiger partial charge on any atom is 0.412 e. The number of carbonyl (C=O) groups is 3. The van der Waals surface area contributed by atoms with E-state index >= 15 is 0 Å². The third-order valence-electron chi connectivity index (χ3n) is 5.85. The summed E-state index contributed by atoms with van der Waals surface area (Å²) in [5, 5.41) is 14.8. The first-order valence-electron chi connectivity index (χ1n) is 12.5. The number of nitrogens with one attached hydrogen (secondary N) is 3. The van der Waals surface area contributed by atoms with Crippen LogP contribution in [0.4, 0.5) is 16.2 Å². The van der Waals surface area contributed by atoms with Crippen LogP contribution in [0.15, 0.2) is 76.0 Å². The zero-order valence-electron chi connectivity index (χ0n) is 22.8. The standard InChI is InChI=1S/C29H29N3O8S/c1-17-25-22(32-28(36)40-29(2,3)4)6-5-7-23(25)39-26(17)27(35)31-20-12-8-18(9-13-20)19-10-14-21(15-11-19)41(37,38)30-16-24(33)34/h5-15,30H,16H2,1-4H3,(H,31,35)(H,32,36)(H,33,34). The number of sulfonamides is 1. The predicted molar refractivity (Wildman–Crippen MR) is 153 cm³/mol. The van der Waals surface area contributed by atoms with Crippen molar-refractivity contribution >= 4 is 50.3 Å². The lowest BCUT2D eigenvalue weighted by Gasteiger charge is -2.19. The number of carboxylic acids is 1. The van der Waals surface area contributed by atoms with Crippen molar-refractivity contribution in [1.29, 1.82) is 0 Å². The minimum atomic E-state index is -3.94. The highest BCUT2D eigenvalue weighted by Crippen LogP contribution is 2.32. The Bertz CT molecular complexity index is 1720. The summed E-state index contributed by atoms with van der Waals surface area (Å²) in [5.41, 5.74) is 2.76. The topological polar surface area (TPSA) is 164 Å². The van der Waals surface area contributed by atoms with Crippen LogP contribution in [0.2, 0.25) is 0 Å². The molecule has 0 spiro atoms. The molecular weight excluding hydrogens is 550 g/mol. The Morgan fingerprint density at radius 3 is 2.10 bits per heavy atom. The number of fused-ring (bicyclic) bond motifs is 1. The maximum absolute atomic E-state index is 13.1. The molecule has 0 radical (unpaired) electrons. The fourth-order valence-electron chi connectivity index (χ4n) is 4.04. The van der Waals surface area contributed by atoms with Gasteiger partial charge in [0, 0.05) is 16.6 Å². The Labute approximate surface area is 236 Å². The van der Waals surface area contributed by atoms with Crippen molar-refractivity contribution in [3.63, 3.8) is 0 Å². The van der Waals surface area contributed by atoms with Crippen LogP contribution in [0.1, 0.15) is 36.9 Å². The smallest absolute Gasteiger partial charge is 0.412 e. The average molecular weight is 580 g/mol. The highest BCUT2D eigenvalue weighted by atomic mass is 32.2. The van der Waals surface area contributed by atoms with Crippen LogP contribution in [0, 0.1) is 6.92 Å². The molecule has 1 heterocycles. The van der Waals surface area contributed by atoms with Crippen molar-refractivity contribution in [2.24, 2.45) is 0 Å². The summed E-state index contributed by atoms with van der Waals surface area (Å²) >= 11 is 0. The zero-order valence-corrected chi connectivity index (χ0v) is 23.6. The monoisotopic (exact) mass is 579 g/mol. The van der Waals surface area contributed by atoms with Crippen molar-refractivity contribution in [2.45, 2.75) is 38.2 Å². The molecule has 0 saturated heterocycles. The van der Waals surface area contributed by atoms with E-state index in [2.05, 4.69) is 10.6 Å². The second-order valence-corrected chi connectivity index (χ2v) is 11.9. The Hall–Kier alpha value is -4.68. The van der Waals surface area contributed by atoms with E-state index in [9.17, 15) is 22.8 Å². The lowest BCUT2D eigenvalue weighted by molar-refractivity contribution is -0.135. The Morgan fingerprint density at radius 2 is 1.51 bits per heavy atom. The first kappa shape index (κ1) is 29.3. The molecule has 214 valence electrons. The normalized spacial score (nSPS) is 11.7. The Balaban J connectivity index is 1.48. The molecule has 0 aliphatic heterocycles. The summed E-state index contributed by atoms with van der Waals surface area (Å²) in [6, 6.07) is 18.0. The SMILES string of the molecule is Cc1c(C(=O)Nc2ccc(-c3ccc(S(=O)(=O)NCC(=O)O)cc3)cc2)oc2cccc(NC(=O)OC(C)(C)C)c12. The quantitative estimate of drug-likeness (QED) is 0.216. The number of hydrogen-bond acceptors (Lipinski definition) is 7. The number of amides is 2. The van der Waals surface area contributed by atoms with Crippen LogP contribution in [-0.4, -0.2) is 43.6 Å². The van der Waals surface area contributed by atoms with Crippen LogP contribution in [-0.2, 0) is 19.6 Å². The largest absolute Gasteiger partial charge is 0.480 e. The molecule has 0 unspecified atom stereocenters.